The van der Waals surface area contributed by atoms with E-state index >= 15 is 0 Å². The zero-order chi connectivity index (χ0) is 9.07. The Morgan fingerprint density at radius 2 is 1.91 bits per heavy atom. The van der Waals surface area contributed by atoms with Gasteiger partial charge in [-0.05, 0) is 18.4 Å². The van der Waals surface area contributed by atoms with Crippen molar-refractivity contribution in [3.05, 3.63) is 0 Å². The Morgan fingerprint density at radius 3 is 2.00 bits per heavy atom. The van der Waals surface area contributed by atoms with Crippen molar-refractivity contribution in [3.63, 3.8) is 0 Å². The van der Waals surface area contributed by atoms with Crippen LogP contribution in [-0.2, 0) is 0 Å². The molecule has 0 radical (unpaired) electrons. The molecule has 0 spiro atoms. The van der Waals surface area contributed by atoms with E-state index in [1.54, 1.807) is 12.5 Å². The fraction of sp³-hybridized carbons (Fsp3) is 0.875. The Morgan fingerprint density at radius 1 is 1.45 bits per heavy atom. The minimum Gasteiger partial charge on any atom is -0.198 e. The van der Waals surface area contributed by atoms with E-state index in [9.17, 15) is 3.89 Å². The van der Waals surface area contributed by atoms with Gasteiger partial charge >= 0.3 is 0 Å². The van der Waals surface area contributed by atoms with Crippen LogP contribution in [0, 0.1) is 23.2 Å². The largest absolute Gasteiger partial charge is 0.198 e. The molecule has 1 atom stereocenters. The fourth-order valence-electron chi connectivity index (χ4n) is 0.806. The smallest absolute Gasteiger partial charge is 0.0667 e. The van der Waals surface area contributed by atoms with E-state index in [-0.39, 0.29) is 11.8 Å². The number of hydrogen-bond donors (Lipinski definition) is 0. The molecule has 0 aromatic carbocycles. The summed E-state index contributed by atoms with van der Waals surface area (Å²) in [6, 6.07) is 2.14. The summed E-state index contributed by atoms with van der Waals surface area (Å²) in [7, 11) is -2.00. The maximum atomic E-state index is 13.1. The molecule has 0 heterocycles. The number of halogens is 1. The van der Waals surface area contributed by atoms with Gasteiger partial charge in [0.2, 0.25) is 0 Å². The molecule has 0 fully saturated rings. The molecule has 0 saturated carbocycles. The van der Waals surface area contributed by atoms with E-state index in [4.69, 9.17) is 5.26 Å². The van der Waals surface area contributed by atoms with Crippen LogP contribution in [0.4, 0.5) is 3.89 Å². The summed E-state index contributed by atoms with van der Waals surface area (Å²) >= 11 is 0. The molecule has 0 amide bonds. The molecule has 0 saturated heterocycles. The van der Waals surface area contributed by atoms with Gasteiger partial charge in [0, 0.05) is 5.75 Å². The zero-order valence-electron chi connectivity index (χ0n) is 7.60. The summed E-state index contributed by atoms with van der Waals surface area (Å²) in [5.41, 5.74) is 0. The fourth-order valence-corrected chi connectivity index (χ4v) is 2.12. The molecule has 1 nitrogen and oxygen atoms in total. The second-order valence-corrected chi connectivity index (χ2v) is 6.69. The van der Waals surface area contributed by atoms with Crippen LogP contribution in [0.1, 0.15) is 13.8 Å². The van der Waals surface area contributed by atoms with E-state index in [1.807, 2.05) is 13.8 Å². The summed E-state index contributed by atoms with van der Waals surface area (Å²) in [6.07, 6.45) is 3.19. The molecule has 0 aliphatic heterocycles. The first kappa shape index (κ1) is 10.8. The lowest BCUT2D eigenvalue weighted by molar-refractivity contribution is 0.517. The molecular formula is C8H16FNS. The van der Waals surface area contributed by atoms with Crippen molar-refractivity contribution in [3.8, 4) is 6.07 Å². The van der Waals surface area contributed by atoms with Crippen molar-refractivity contribution in [2.75, 3.05) is 18.3 Å². The number of rotatable bonds is 3. The van der Waals surface area contributed by atoms with Crippen LogP contribution >= 0.6 is 10.4 Å². The molecule has 0 aromatic rings. The molecule has 66 valence electrons. The van der Waals surface area contributed by atoms with E-state index < -0.39 is 10.4 Å². The molecule has 0 rings (SSSR count). The summed E-state index contributed by atoms with van der Waals surface area (Å²) < 4.78 is 13.1. The lowest BCUT2D eigenvalue weighted by Gasteiger charge is -2.24. The number of hydrogen-bond acceptors (Lipinski definition) is 1. The van der Waals surface area contributed by atoms with Gasteiger partial charge in [0.15, 0.2) is 0 Å². The Bertz CT molecular complexity index is 154. The van der Waals surface area contributed by atoms with Gasteiger partial charge in [-0.15, -0.1) is 0 Å². The minimum absolute atomic E-state index is 0.120. The van der Waals surface area contributed by atoms with Crippen molar-refractivity contribution < 1.29 is 3.89 Å². The number of nitriles is 1. The second-order valence-electron chi connectivity index (χ2n) is 3.55. The molecule has 0 bridgehead atoms. The highest BCUT2D eigenvalue weighted by atomic mass is 32.3. The van der Waals surface area contributed by atoms with Gasteiger partial charge in [0.1, 0.15) is 0 Å². The Kier molecular flexibility index (Phi) is 3.88. The lowest BCUT2D eigenvalue weighted by atomic mass is 10.0. The molecule has 3 heteroatoms. The average Bonchev–Trinajstić information content (AvgIpc) is 1.80. The van der Waals surface area contributed by atoms with Crippen molar-refractivity contribution >= 4 is 10.4 Å². The summed E-state index contributed by atoms with van der Waals surface area (Å²) in [4.78, 5) is 0. The molecule has 1 unspecified atom stereocenters. The van der Waals surface area contributed by atoms with Crippen molar-refractivity contribution in [1.82, 2.24) is 0 Å². The van der Waals surface area contributed by atoms with Crippen LogP contribution in [0.2, 0.25) is 0 Å². The summed E-state index contributed by atoms with van der Waals surface area (Å²) in [5.74, 6) is 0.564. The highest BCUT2D eigenvalue weighted by molar-refractivity contribution is 8.28. The van der Waals surface area contributed by atoms with E-state index in [0.29, 0.717) is 5.75 Å². The molecular weight excluding hydrogens is 161 g/mol. The van der Waals surface area contributed by atoms with E-state index in [0.717, 1.165) is 0 Å². The molecule has 11 heavy (non-hydrogen) atoms. The minimum atomic E-state index is -2.00. The van der Waals surface area contributed by atoms with Crippen molar-refractivity contribution in [2.24, 2.45) is 11.8 Å². The van der Waals surface area contributed by atoms with Gasteiger partial charge in [0.25, 0.3) is 0 Å². The third kappa shape index (κ3) is 5.09. The van der Waals surface area contributed by atoms with Gasteiger partial charge in [-0.2, -0.15) is 9.15 Å². The van der Waals surface area contributed by atoms with Gasteiger partial charge in [-0.25, -0.2) is 0 Å². The van der Waals surface area contributed by atoms with Crippen LogP contribution < -0.4 is 0 Å². The monoisotopic (exact) mass is 177 g/mol. The second kappa shape index (κ2) is 3.96. The van der Waals surface area contributed by atoms with Crippen LogP contribution in [-0.4, -0.2) is 18.3 Å². The van der Waals surface area contributed by atoms with Crippen LogP contribution in [0.3, 0.4) is 0 Å². The summed E-state index contributed by atoms with van der Waals surface area (Å²) in [5, 5.41) is 8.66. The SMILES string of the molecule is CC(C)C(C#N)CS(C)(C)F. The summed E-state index contributed by atoms with van der Waals surface area (Å²) in [6.45, 7) is 3.91. The van der Waals surface area contributed by atoms with E-state index in [2.05, 4.69) is 6.07 Å². The third-order valence-corrected chi connectivity index (χ3v) is 2.70. The zero-order valence-corrected chi connectivity index (χ0v) is 8.41. The van der Waals surface area contributed by atoms with Crippen LogP contribution in [0.5, 0.6) is 0 Å². The topological polar surface area (TPSA) is 23.8 Å². The molecule has 0 N–H and O–H groups in total. The third-order valence-electron chi connectivity index (χ3n) is 1.55. The Labute approximate surface area is 70.2 Å². The first-order chi connectivity index (χ1) is 4.87. The standard InChI is InChI=1S/C8H16FNS/c1-7(2)8(5-10)6-11(3,4)9/h7-8H,6H2,1-4H3. The quantitative estimate of drug-likeness (QED) is 0.650. The van der Waals surface area contributed by atoms with Crippen LogP contribution in [0.15, 0.2) is 0 Å². The first-order valence-electron chi connectivity index (χ1n) is 3.67. The number of nitrogens with zero attached hydrogens (tertiary/aromatic N) is 1. The maximum Gasteiger partial charge on any atom is 0.0667 e. The van der Waals surface area contributed by atoms with Crippen molar-refractivity contribution in [1.29, 1.82) is 5.26 Å². The molecule has 0 aromatic heterocycles. The van der Waals surface area contributed by atoms with Crippen molar-refractivity contribution in [2.45, 2.75) is 13.8 Å². The first-order valence-corrected chi connectivity index (χ1v) is 6.19. The Hall–Kier alpha value is -0.230. The van der Waals surface area contributed by atoms with Gasteiger partial charge in [-0.3, -0.25) is 0 Å². The Balaban J connectivity index is 4.02. The highest BCUT2D eigenvalue weighted by Gasteiger charge is 2.20. The van der Waals surface area contributed by atoms with Crippen LogP contribution in [0.25, 0.3) is 0 Å². The van der Waals surface area contributed by atoms with Gasteiger partial charge in [-0.1, -0.05) is 24.3 Å². The normalized spacial score (nSPS) is 16.1. The molecule has 0 aliphatic rings. The maximum absolute atomic E-state index is 13.1. The molecule has 0 aliphatic carbocycles. The average molecular weight is 177 g/mol. The van der Waals surface area contributed by atoms with Gasteiger partial charge < -0.3 is 0 Å². The highest BCUT2D eigenvalue weighted by Crippen LogP contribution is 2.44. The lowest BCUT2D eigenvalue weighted by Crippen LogP contribution is -2.13. The van der Waals surface area contributed by atoms with E-state index in [1.165, 1.54) is 0 Å². The predicted octanol–water partition coefficient (Wildman–Crippen LogP) is 2.73. The van der Waals surface area contributed by atoms with Gasteiger partial charge in [0.05, 0.1) is 12.0 Å². The predicted molar refractivity (Wildman–Crippen MR) is 49.4 cm³/mol.